The van der Waals surface area contributed by atoms with Crippen molar-refractivity contribution in [1.82, 2.24) is 14.7 Å². The number of benzene rings is 1. The number of rotatable bonds is 5. The third-order valence-electron chi connectivity index (χ3n) is 4.41. The normalized spacial score (nSPS) is 15.5. The van der Waals surface area contributed by atoms with Crippen molar-refractivity contribution in [2.45, 2.75) is 17.7 Å². The summed E-state index contributed by atoms with van der Waals surface area (Å²) in [5.74, 6) is -1.30. The molecule has 0 bridgehead atoms. The molecule has 1 aromatic heterocycles. The van der Waals surface area contributed by atoms with E-state index in [2.05, 4.69) is 14.7 Å². The van der Waals surface area contributed by atoms with Crippen molar-refractivity contribution >= 4 is 15.8 Å². The van der Waals surface area contributed by atoms with E-state index in [-0.39, 0.29) is 18.2 Å². The van der Waals surface area contributed by atoms with E-state index in [9.17, 15) is 17.2 Å². The number of nitrogens with one attached hydrogen (secondary N) is 1. The van der Waals surface area contributed by atoms with Crippen molar-refractivity contribution in [2.24, 2.45) is 5.92 Å². The van der Waals surface area contributed by atoms with E-state index in [0.29, 0.717) is 37.8 Å². The molecule has 2 heterocycles. The van der Waals surface area contributed by atoms with Crippen LogP contribution in [0, 0.1) is 28.9 Å². The highest BCUT2D eigenvalue weighted by Gasteiger charge is 2.24. The zero-order valence-corrected chi connectivity index (χ0v) is 15.1. The summed E-state index contributed by atoms with van der Waals surface area (Å²) in [4.78, 5) is 9.70. The van der Waals surface area contributed by atoms with Gasteiger partial charge in [0, 0.05) is 38.1 Å². The molecule has 27 heavy (non-hydrogen) atoms. The van der Waals surface area contributed by atoms with Crippen LogP contribution in [0.3, 0.4) is 0 Å². The highest BCUT2D eigenvalue weighted by atomic mass is 32.2. The molecule has 0 unspecified atom stereocenters. The average Bonchev–Trinajstić information content (AvgIpc) is 2.66. The molecule has 0 spiro atoms. The molecule has 1 aliphatic heterocycles. The number of aromatic nitrogens is 2. The van der Waals surface area contributed by atoms with Gasteiger partial charge in [-0.25, -0.2) is 31.9 Å². The zero-order chi connectivity index (χ0) is 19.4. The molecule has 1 saturated heterocycles. The Hall–Kier alpha value is -2.64. The first-order valence-corrected chi connectivity index (χ1v) is 9.79. The van der Waals surface area contributed by atoms with Gasteiger partial charge in [0.15, 0.2) is 11.5 Å². The Kier molecular flexibility index (Phi) is 5.62. The van der Waals surface area contributed by atoms with Gasteiger partial charge < -0.3 is 4.90 Å². The second kappa shape index (κ2) is 7.94. The molecule has 142 valence electrons. The molecule has 0 atom stereocenters. The Balaban J connectivity index is 1.59. The average molecular weight is 393 g/mol. The summed E-state index contributed by atoms with van der Waals surface area (Å²) in [5.41, 5.74) is 0.254. The molecular formula is C17H17F2N5O2S. The fourth-order valence-electron chi connectivity index (χ4n) is 2.98. The molecule has 10 heteroatoms. The Bertz CT molecular complexity index is 949. The number of hydrogen-bond donors (Lipinski definition) is 1. The number of nitrogens with zero attached hydrogens (tertiary/aromatic N) is 4. The maximum atomic E-state index is 13.2. The lowest BCUT2D eigenvalue weighted by Gasteiger charge is -2.32. The fraction of sp³-hybridized carbons (Fsp3) is 0.353. The Morgan fingerprint density at radius 2 is 1.78 bits per heavy atom. The van der Waals surface area contributed by atoms with Crippen molar-refractivity contribution < 1.29 is 17.2 Å². The van der Waals surface area contributed by atoms with Gasteiger partial charge in [-0.1, -0.05) is 0 Å². The summed E-state index contributed by atoms with van der Waals surface area (Å²) in [6.07, 6.45) is 4.34. The zero-order valence-electron chi connectivity index (χ0n) is 14.3. The summed E-state index contributed by atoms with van der Waals surface area (Å²) in [5, 5.41) is 9.11. The van der Waals surface area contributed by atoms with Crippen LogP contribution >= 0.6 is 0 Å². The van der Waals surface area contributed by atoms with Gasteiger partial charge >= 0.3 is 0 Å². The minimum atomic E-state index is -3.99. The van der Waals surface area contributed by atoms with E-state index in [1.165, 1.54) is 12.4 Å². The lowest BCUT2D eigenvalue weighted by molar-refractivity contribution is 0.400. The van der Waals surface area contributed by atoms with Gasteiger partial charge in [-0.2, -0.15) is 5.26 Å². The molecule has 0 saturated carbocycles. The first kappa shape index (κ1) is 19.1. The first-order valence-electron chi connectivity index (χ1n) is 8.31. The smallest absolute Gasteiger partial charge is 0.240 e. The Morgan fingerprint density at radius 1 is 1.15 bits per heavy atom. The van der Waals surface area contributed by atoms with Crippen LogP contribution in [0.4, 0.5) is 14.6 Å². The molecular weight excluding hydrogens is 376 g/mol. The summed E-state index contributed by atoms with van der Waals surface area (Å²) in [6, 6.07) is 4.20. The SMILES string of the molecule is N#Cc1nccnc1N1CCC(CNS(=O)(=O)c2cc(F)cc(F)c2)CC1. The summed E-state index contributed by atoms with van der Waals surface area (Å²) >= 11 is 0. The second-order valence-corrected chi connectivity index (χ2v) is 7.99. The van der Waals surface area contributed by atoms with Crippen LogP contribution in [0.2, 0.25) is 0 Å². The fourth-order valence-corrected chi connectivity index (χ4v) is 4.14. The van der Waals surface area contributed by atoms with Gasteiger partial charge in [0.1, 0.15) is 17.7 Å². The standard InChI is InChI=1S/C17H17F2N5O2S/c18-13-7-14(19)9-15(8-13)27(25,26)23-11-12-1-5-24(6-2-12)17-16(10-20)21-3-4-22-17/h3-4,7-9,12,23H,1-2,5-6,11H2. The summed E-state index contributed by atoms with van der Waals surface area (Å²) in [6.45, 7) is 1.38. The Morgan fingerprint density at radius 3 is 2.41 bits per heavy atom. The minimum absolute atomic E-state index is 0.0663. The number of piperidine rings is 1. The molecule has 3 rings (SSSR count). The summed E-state index contributed by atoms with van der Waals surface area (Å²) in [7, 11) is -3.99. The van der Waals surface area contributed by atoms with Gasteiger partial charge in [0.25, 0.3) is 0 Å². The molecule has 0 amide bonds. The maximum Gasteiger partial charge on any atom is 0.240 e. The minimum Gasteiger partial charge on any atom is -0.354 e. The van der Waals surface area contributed by atoms with Crippen molar-refractivity contribution in [3.63, 3.8) is 0 Å². The molecule has 0 radical (unpaired) electrons. The van der Waals surface area contributed by atoms with E-state index in [4.69, 9.17) is 5.26 Å². The highest BCUT2D eigenvalue weighted by Crippen LogP contribution is 2.23. The molecule has 1 aliphatic rings. The van der Waals surface area contributed by atoms with Gasteiger partial charge in [-0.3, -0.25) is 0 Å². The Labute approximate surface area is 155 Å². The van der Waals surface area contributed by atoms with E-state index in [1.807, 2.05) is 11.0 Å². The predicted molar refractivity (Wildman–Crippen MR) is 93.2 cm³/mol. The molecule has 0 aliphatic carbocycles. The molecule has 2 aromatic rings. The third-order valence-corrected chi connectivity index (χ3v) is 5.81. The quantitative estimate of drug-likeness (QED) is 0.832. The number of anilines is 1. The maximum absolute atomic E-state index is 13.2. The monoisotopic (exact) mass is 393 g/mol. The number of hydrogen-bond acceptors (Lipinski definition) is 6. The van der Waals surface area contributed by atoms with Gasteiger partial charge in [-0.05, 0) is 30.9 Å². The number of nitriles is 1. The van der Waals surface area contributed by atoms with E-state index in [1.54, 1.807) is 0 Å². The molecule has 7 nitrogen and oxygen atoms in total. The molecule has 1 N–H and O–H groups in total. The van der Waals surface area contributed by atoms with Crippen LogP contribution in [0.1, 0.15) is 18.5 Å². The molecule has 1 aromatic carbocycles. The number of halogens is 2. The van der Waals surface area contributed by atoms with Crippen LogP contribution in [0.15, 0.2) is 35.5 Å². The van der Waals surface area contributed by atoms with Gasteiger partial charge in [-0.15, -0.1) is 0 Å². The number of sulfonamides is 1. The first-order chi connectivity index (χ1) is 12.9. The van der Waals surface area contributed by atoms with Gasteiger partial charge in [0.2, 0.25) is 10.0 Å². The van der Waals surface area contributed by atoms with E-state index < -0.39 is 26.6 Å². The lowest BCUT2D eigenvalue weighted by Crippen LogP contribution is -2.39. The summed E-state index contributed by atoms with van der Waals surface area (Å²) < 4.78 is 53.4. The second-order valence-electron chi connectivity index (χ2n) is 6.23. The van der Waals surface area contributed by atoms with Gasteiger partial charge in [0.05, 0.1) is 4.90 Å². The highest BCUT2D eigenvalue weighted by molar-refractivity contribution is 7.89. The largest absolute Gasteiger partial charge is 0.354 e. The van der Waals surface area contributed by atoms with Crippen LogP contribution < -0.4 is 9.62 Å². The predicted octanol–water partition coefficient (Wildman–Crippen LogP) is 1.82. The van der Waals surface area contributed by atoms with E-state index >= 15 is 0 Å². The van der Waals surface area contributed by atoms with Crippen LogP contribution in [-0.2, 0) is 10.0 Å². The van der Waals surface area contributed by atoms with Crippen molar-refractivity contribution in [2.75, 3.05) is 24.5 Å². The third kappa shape index (κ3) is 4.56. The van der Waals surface area contributed by atoms with Crippen LogP contribution in [-0.4, -0.2) is 38.0 Å². The topological polar surface area (TPSA) is 99.0 Å². The molecule has 1 fully saturated rings. The van der Waals surface area contributed by atoms with Crippen molar-refractivity contribution in [3.05, 3.63) is 47.9 Å². The van der Waals surface area contributed by atoms with Crippen molar-refractivity contribution in [1.29, 1.82) is 5.26 Å². The van der Waals surface area contributed by atoms with Crippen LogP contribution in [0.25, 0.3) is 0 Å². The van der Waals surface area contributed by atoms with Crippen LogP contribution in [0.5, 0.6) is 0 Å². The lowest BCUT2D eigenvalue weighted by atomic mass is 9.97. The van der Waals surface area contributed by atoms with E-state index in [0.717, 1.165) is 12.1 Å². The van der Waals surface area contributed by atoms with Crippen molar-refractivity contribution in [3.8, 4) is 6.07 Å².